The van der Waals surface area contributed by atoms with Gasteiger partial charge in [-0.25, -0.2) is 0 Å². The van der Waals surface area contributed by atoms with Crippen LogP contribution in [0.2, 0.25) is 0 Å². The molecule has 22 heavy (non-hydrogen) atoms. The number of hydrogen-bond donors (Lipinski definition) is 0. The molecule has 0 spiro atoms. The first-order chi connectivity index (χ1) is 10.5. The number of aryl methyl sites for hydroxylation is 1. The Bertz CT molecular complexity index is 472. The van der Waals surface area contributed by atoms with E-state index in [0.29, 0.717) is 13.0 Å². The Labute approximate surface area is 134 Å². The minimum absolute atomic E-state index is 0.0343. The number of esters is 1. The summed E-state index contributed by atoms with van der Waals surface area (Å²) in [6.07, 6.45) is 5.04. The van der Waals surface area contributed by atoms with Crippen molar-refractivity contribution < 1.29 is 14.3 Å². The number of hydrogen-bond acceptors (Lipinski definition) is 3. The van der Waals surface area contributed by atoms with Crippen molar-refractivity contribution in [2.24, 2.45) is 11.3 Å². The SMILES string of the molecule is CCOC(=O)CC(C)(C)CCc1ccc(OCC2CC2)cc1. The Balaban J connectivity index is 1.76. The van der Waals surface area contributed by atoms with Gasteiger partial charge in [0.05, 0.1) is 19.6 Å². The summed E-state index contributed by atoms with van der Waals surface area (Å²) in [4.78, 5) is 11.6. The van der Waals surface area contributed by atoms with Crippen LogP contribution >= 0.6 is 0 Å². The van der Waals surface area contributed by atoms with Crippen LogP contribution in [0.5, 0.6) is 5.75 Å². The summed E-state index contributed by atoms with van der Waals surface area (Å²) in [5.41, 5.74) is 1.25. The summed E-state index contributed by atoms with van der Waals surface area (Å²) >= 11 is 0. The third kappa shape index (κ3) is 6.08. The van der Waals surface area contributed by atoms with Crippen molar-refractivity contribution in [2.75, 3.05) is 13.2 Å². The lowest BCUT2D eigenvalue weighted by molar-refractivity contribution is -0.145. The quantitative estimate of drug-likeness (QED) is 0.635. The maximum Gasteiger partial charge on any atom is 0.306 e. The molecule has 0 heterocycles. The lowest BCUT2D eigenvalue weighted by atomic mass is 9.83. The Kier molecular flexibility index (Phi) is 5.87. The maximum atomic E-state index is 11.6. The number of carbonyl (C=O) groups excluding carboxylic acids is 1. The van der Waals surface area contributed by atoms with Gasteiger partial charge in [-0.15, -0.1) is 0 Å². The van der Waals surface area contributed by atoms with Gasteiger partial charge in [0.2, 0.25) is 0 Å². The van der Waals surface area contributed by atoms with Crippen molar-refractivity contribution in [3.63, 3.8) is 0 Å². The van der Waals surface area contributed by atoms with E-state index in [1.807, 2.05) is 6.92 Å². The Hall–Kier alpha value is -1.51. The molecule has 0 aliphatic heterocycles. The van der Waals surface area contributed by atoms with E-state index < -0.39 is 0 Å². The molecule has 1 fully saturated rings. The molecule has 3 heteroatoms. The third-order valence-corrected chi connectivity index (χ3v) is 4.12. The van der Waals surface area contributed by atoms with Crippen LogP contribution in [0.25, 0.3) is 0 Å². The number of ether oxygens (including phenoxy) is 2. The molecule has 1 saturated carbocycles. The molecule has 2 rings (SSSR count). The number of carbonyl (C=O) groups is 1. The molecule has 0 aromatic heterocycles. The summed E-state index contributed by atoms with van der Waals surface area (Å²) in [5, 5.41) is 0. The van der Waals surface area contributed by atoms with Gasteiger partial charge in [-0.1, -0.05) is 26.0 Å². The second kappa shape index (κ2) is 7.66. The Morgan fingerprint density at radius 1 is 1.23 bits per heavy atom. The standard InChI is InChI=1S/C19H28O3/c1-4-21-18(20)13-19(2,3)12-11-15-7-9-17(10-8-15)22-14-16-5-6-16/h7-10,16H,4-6,11-14H2,1-3H3. The van der Waals surface area contributed by atoms with Gasteiger partial charge < -0.3 is 9.47 Å². The maximum absolute atomic E-state index is 11.6. The van der Waals surface area contributed by atoms with Gasteiger partial charge in [0.25, 0.3) is 0 Å². The summed E-state index contributed by atoms with van der Waals surface area (Å²) in [6.45, 7) is 7.40. The first-order valence-electron chi connectivity index (χ1n) is 8.36. The molecule has 0 unspecified atom stereocenters. The molecule has 122 valence electrons. The van der Waals surface area contributed by atoms with Gasteiger partial charge in [-0.3, -0.25) is 4.79 Å². The molecule has 1 aliphatic rings. The Morgan fingerprint density at radius 3 is 2.50 bits per heavy atom. The average molecular weight is 304 g/mol. The lowest BCUT2D eigenvalue weighted by Crippen LogP contribution is -2.19. The van der Waals surface area contributed by atoms with E-state index in [1.165, 1.54) is 18.4 Å². The second-order valence-electron chi connectivity index (χ2n) is 7.04. The van der Waals surface area contributed by atoms with Crippen molar-refractivity contribution in [3.05, 3.63) is 29.8 Å². The van der Waals surface area contributed by atoms with Crippen molar-refractivity contribution in [1.82, 2.24) is 0 Å². The molecule has 3 nitrogen and oxygen atoms in total. The molecule has 0 N–H and O–H groups in total. The van der Waals surface area contributed by atoms with Crippen molar-refractivity contribution in [3.8, 4) is 5.75 Å². The van der Waals surface area contributed by atoms with E-state index in [0.717, 1.165) is 31.1 Å². The highest BCUT2D eigenvalue weighted by molar-refractivity contribution is 5.70. The number of benzene rings is 1. The lowest BCUT2D eigenvalue weighted by Gasteiger charge is -2.23. The van der Waals surface area contributed by atoms with Crippen molar-refractivity contribution in [2.45, 2.75) is 52.9 Å². The van der Waals surface area contributed by atoms with E-state index in [9.17, 15) is 4.79 Å². The normalized spacial score (nSPS) is 14.7. The molecular formula is C19H28O3. The number of rotatable bonds is 9. The average Bonchev–Trinajstić information content (AvgIpc) is 3.28. The van der Waals surface area contributed by atoms with Crippen LogP contribution in [0.4, 0.5) is 0 Å². The van der Waals surface area contributed by atoms with E-state index in [4.69, 9.17) is 9.47 Å². The molecule has 0 amide bonds. The molecule has 0 saturated heterocycles. The van der Waals surface area contributed by atoms with Crippen LogP contribution in [-0.2, 0) is 16.0 Å². The van der Waals surface area contributed by atoms with E-state index in [1.54, 1.807) is 0 Å². The fourth-order valence-corrected chi connectivity index (χ4v) is 2.42. The molecule has 1 aromatic carbocycles. The zero-order valence-electron chi connectivity index (χ0n) is 14.1. The van der Waals surface area contributed by atoms with E-state index >= 15 is 0 Å². The van der Waals surface area contributed by atoms with Crippen LogP contribution in [0.3, 0.4) is 0 Å². The zero-order valence-corrected chi connectivity index (χ0v) is 14.1. The Morgan fingerprint density at radius 2 is 1.91 bits per heavy atom. The predicted octanol–water partition coefficient (Wildman–Crippen LogP) is 4.39. The largest absolute Gasteiger partial charge is 0.493 e. The van der Waals surface area contributed by atoms with Crippen LogP contribution in [0.15, 0.2) is 24.3 Å². The molecule has 0 atom stereocenters. The molecular weight excluding hydrogens is 276 g/mol. The highest BCUT2D eigenvalue weighted by Crippen LogP contribution is 2.30. The molecule has 0 bridgehead atoms. The topological polar surface area (TPSA) is 35.5 Å². The highest BCUT2D eigenvalue weighted by atomic mass is 16.5. The van der Waals surface area contributed by atoms with Crippen LogP contribution in [0, 0.1) is 11.3 Å². The summed E-state index contributed by atoms with van der Waals surface area (Å²) in [7, 11) is 0. The van der Waals surface area contributed by atoms with Crippen LogP contribution < -0.4 is 4.74 Å². The smallest absolute Gasteiger partial charge is 0.306 e. The van der Waals surface area contributed by atoms with Gasteiger partial charge in [-0.05, 0) is 61.6 Å². The monoisotopic (exact) mass is 304 g/mol. The van der Waals surface area contributed by atoms with Gasteiger partial charge in [0.1, 0.15) is 5.75 Å². The van der Waals surface area contributed by atoms with Gasteiger partial charge in [-0.2, -0.15) is 0 Å². The van der Waals surface area contributed by atoms with Crippen LogP contribution in [-0.4, -0.2) is 19.2 Å². The van der Waals surface area contributed by atoms with Gasteiger partial charge >= 0.3 is 5.97 Å². The minimum atomic E-state index is -0.101. The summed E-state index contributed by atoms with van der Waals surface area (Å²) in [6, 6.07) is 8.36. The fourth-order valence-electron chi connectivity index (χ4n) is 2.42. The van der Waals surface area contributed by atoms with Crippen LogP contribution in [0.1, 0.15) is 52.0 Å². The predicted molar refractivity (Wildman–Crippen MR) is 88.0 cm³/mol. The van der Waals surface area contributed by atoms with E-state index in [2.05, 4.69) is 38.1 Å². The molecule has 0 radical (unpaired) electrons. The van der Waals surface area contributed by atoms with Gasteiger partial charge in [0.15, 0.2) is 0 Å². The van der Waals surface area contributed by atoms with Crippen molar-refractivity contribution in [1.29, 1.82) is 0 Å². The zero-order chi connectivity index (χ0) is 16.0. The molecule has 1 aromatic rings. The minimum Gasteiger partial charge on any atom is -0.493 e. The van der Waals surface area contributed by atoms with Gasteiger partial charge in [0, 0.05) is 0 Å². The first-order valence-corrected chi connectivity index (χ1v) is 8.36. The summed E-state index contributed by atoms with van der Waals surface area (Å²) in [5.74, 6) is 1.64. The second-order valence-corrected chi connectivity index (χ2v) is 7.04. The van der Waals surface area contributed by atoms with E-state index in [-0.39, 0.29) is 11.4 Å². The first kappa shape index (κ1) is 16.9. The fraction of sp³-hybridized carbons (Fsp3) is 0.632. The highest BCUT2D eigenvalue weighted by Gasteiger charge is 2.23. The third-order valence-electron chi connectivity index (χ3n) is 4.12. The molecule has 1 aliphatic carbocycles. The summed E-state index contributed by atoms with van der Waals surface area (Å²) < 4.78 is 10.8. The van der Waals surface area contributed by atoms with Crippen molar-refractivity contribution >= 4 is 5.97 Å².